The Kier molecular flexibility index (Phi) is 8.11. The van der Waals surface area contributed by atoms with Crippen LogP contribution in [0, 0.1) is 0 Å². The second-order valence-corrected chi connectivity index (χ2v) is 14.6. The summed E-state index contributed by atoms with van der Waals surface area (Å²) in [4.78, 5) is 20.0. The van der Waals surface area contributed by atoms with Crippen molar-refractivity contribution in [3.63, 3.8) is 0 Å². The van der Waals surface area contributed by atoms with Gasteiger partial charge in [-0.3, -0.25) is 4.98 Å². The number of rotatable bonds is 6. The molecule has 3 aromatic heterocycles. The molecule has 0 atom stereocenters. The molecule has 0 saturated carbocycles. The normalized spacial score (nSPS) is 11.4. The van der Waals surface area contributed by atoms with Crippen LogP contribution in [0.2, 0.25) is 0 Å². The molecular formula is C54H34N4. The van der Waals surface area contributed by atoms with Crippen molar-refractivity contribution in [2.75, 3.05) is 0 Å². The Bertz CT molecular complexity index is 3210. The first-order chi connectivity index (χ1) is 28.7. The van der Waals surface area contributed by atoms with Gasteiger partial charge in [0.2, 0.25) is 0 Å². The van der Waals surface area contributed by atoms with Crippen molar-refractivity contribution in [2.24, 2.45) is 0 Å². The van der Waals surface area contributed by atoms with Crippen molar-refractivity contribution >= 4 is 43.4 Å². The van der Waals surface area contributed by atoms with Gasteiger partial charge in [-0.1, -0.05) is 176 Å². The first kappa shape index (κ1) is 33.5. The van der Waals surface area contributed by atoms with Crippen molar-refractivity contribution in [3.05, 3.63) is 206 Å². The summed E-state index contributed by atoms with van der Waals surface area (Å²) in [5.41, 5.74) is 13.4. The zero-order valence-corrected chi connectivity index (χ0v) is 31.4. The first-order valence-electron chi connectivity index (χ1n) is 19.5. The minimum Gasteiger partial charge on any atom is -0.254 e. The summed E-state index contributed by atoms with van der Waals surface area (Å²) in [6, 6.07) is 70.4. The molecule has 0 amide bonds. The summed E-state index contributed by atoms with van der Waals surface area (Å²) in [7, 11) is 0. The van der Waals surface area contributed by atoms with Crippen LogP contribution < -0.4 is 0 Å². The number of aromatic nitrogens is 4. The Labute approximate surface area is 335 Å². The third kappa shape index (κ3) is 5.87. The molecule has 0 bridgehead atoms. The second kappa shape index (κ2) is 14.0. The Morgan fingerprint density at radius 2 is 0.776 bits per heavy atom. The highest BCUT2D eigenvalue weighted by molar-refractivity contribution is 6.21. The summed E-state index contributed by atoms with van der Waals surface area (Å²) < 4.78 is 0. The van der Waals surface area contributed by atoms with E-state index in [0.717, 1.165) is 72.3 Å². The fraction of sp³-hybridized carbons (Fsp3) is 0. The van der Waals surface area contributed by atoms with E-state index in [9.17, 15) is 0 Å². The van der Waals surface area contributed by atoms with E-state index in [4.69, 9.17) is 19.9 Å². The van der Waals surface area contributed by atoms with Crippen LogP contribution >= 0.6 is 0 Å². The average molecular weight is 739 g/mol. The molecule has 0 saturated heterocycles. The zero-order valence-electron chi connectivity index (χ0n) is 31.4. The smallest absolute Gasteiger partial charge is 0.160 e. The summed E-state index contributed by atoms with van der Waals surface area (Å²) in [6.07, 6.45) is 1.84. The highest BCUT2D eigenvalue weighted by Gasteiger charge is 2.18. The molecule has 3 heterocycles. The van der Waals surface area contributed by atoms with Gasteiger partial charge in [-0.2, -0.15) is 0 Å². The van der Waals surface area contributed by atoms with E-state index in [1.807, 2.05) is 48.7 Å². The van der Waals surface area contributed by atoms with E-state index in [1.165, 1.54) is 32.7 Å². The van der Waals surface area contributed by atoms with Crippen molar-refractivity contribution in [3.8, 4) is 67.4 Å². The summed E-state index contributed by atoms with van der Waals surface area (Å²) in [6.45, 7) is 0. The van der Waals surface area contributed by atoms with Crippen LogP contribution in [0.1, 0.15) is 0 Å². The molecule has 0 radical (unpaired) electrons. The molecule has 58 heavy (non-hydrogen) atoms. The highest BCUT2D eigenvalue weighted by atomic mass is 14.9. The number of pyridine rings is 2. The maximum Gasteiger partial charge on any atom is 0.160 e. The van der Waals surface area contributed by atoms with E-state index < -0.39 is 0 Å². The summed E-state index contributed by atoms with van der Waals surface area (Å²) in [5, 5.41) is 6.98. The monoisotopic (exact) mass is 738 g/mol. The van der Waals surface area contributed by atoms with Crippen molar-refractivity contribution in [1.82, 2.24) is 19.9 Å². The molecule has 0 N–H and O–H groups in total. The molecule has 4 nitrogen and oxygen atoms in total. The standard InChI is InChI=1S/C54H34N4/c1-3-13-35(14-4-1)48-34-49(58-54(57-48)40-15-5-2-6-16-40)36-24-26-37(27-25-36)50-43-20-7-9-22-45(43)51(46-23-10-8-21-44(46)50)42-18-11-17-41(33-42)47-31-30-39-29-28-38-19-12-32-55-52(38)53(39)56-47/h1-34H. The number of nitrogens with zero attached hydrogens (tertiary/aromatic N) is 4. The van der Waals surface area contributed by atoms with E-state index in [2.05, 4.69) is 158 Å². The SMILES string of the molecule is c1ccc(-c2cc(-c3ccc(-c4c5ccccc5c(-c5cccc(-c6ccc7ccc8cccnc8c7n6)c5)c5ccccc45)cc3)nc(-c3ccccc3)n2)cc1. The number of hydrogen-bond donors (Lipinski definition) is 0. The Balaban J connectivity index is 1.03. The van der Waals surface area contributed by atoms with Crippen LogP contribution in [0.4, 0.5) is 0 Å². The van der Waals surface area contributed by atoms with Gasteiger partial charge >= 0.3 is 0 Å². The van der Waals surface area contributed by atoms with Gasteiger partial charge in [-0.15, -0.1) is 0 Å². The predicted molar refractivity (Wildman–Crippen MR) is 240 cm³/mol. The van der Waals surface area contributed by atoms with Gasteiger partial charge < -0.3 is 0 Å². The third-order valence-electron chi connectivity index (χ3n) is 11.1. The van der Waals surface area contributed by atoms with Crippen LogP contribution in [0.15, 0.2) is 206 Å². The van der Waals surface area contributed by atoms with E-state index in [-0.39, 0.29) is 0 Å². The Morgan fingerprint density at radius 1 is 0.276 bits per heavy atom. The van der Waals surface area contributed by atoms with Gasteiger partial charge in [-0.25, -0.2) is 15.0 Å². The lowest BCUT2D eigenvalue weighted by molar-refractivity contribution is 1.18. The lowest BCUT2D eigenvalue weighted by Gasteiger charge is -2.18. The minimum absolute atomic E-state index is 0.708. The molecule has 0 aliphatic carbocycles. The lowest BCUT2D eigenvalue weighted by atomic mass is 9.85. The van der Waals surface area contributed by atoms with Crippen molar-refractivity contribution in [2.45, 2.75) is 0 Å². The predicted octanol–water partition coefficient (Wildman–Crippen LogP) is 13.9. The second-order valence-electron chi connectivity index (χ2n) is 14.6. The maximum absolute atomic E-state index is 5.19. The van der Waals surface area contributed by atoms with E-state index in [0.29, 0.717) is 5.82 Å². The van der Waals surface area contributed by atoms with Crippen LogP contribution in [-0.4, -0.2) is 19.9 Å². The van der Waals surface area contributed by atoms with Gasteiger partial charge in [-0.05, 0) is 68.1 Å². The Hall–Kier alpha value is -7.82. The molecule has 0 aliphatic heterocycles. The lowest BCUT2D eigenvalue weighted by Crippen LogP contribution is -1.96. The molecule has 4 heteroatoms. The van der Waals surface area contributed by atoms with Gasteiger partial charge in [0.1, 0.15) is 0 Å². The maximum atomic E-state index is 5.19. The fourth-order valence-electron chi connectivity index (χ4n) is 8.34. The average Bonchev–Trinajstić information content (AvgIpc) is 3.31. The van der Waals surface area contributed by atoms with Crippen LogP contribution in [0.25, 0.3) is 111 Å². The molecular weight excluding hydrogens is 705 g/mol. The van der Waals surface area contributed by atoms with Gasteiger partial charge in [0.25, 0.3) is 0 Å². The van der Waals surface area contributed by atoms with Crippen LogP contribution in [-0.2, 0) is 0 Å². The van der Waals surface area contributed by atoms with Crippen molar-refractivity contribution < 1.29 is 0 Å². The number of benzene rings is 8. The zero-order chi connectivity index (χ0) is 38.4. The molecule has 0 fully saturated rings. The largest absolute Gasteiger partial charge is 0.254 e. The van der Waals surface area contributed by atoms with Gasteiger partial charge in [0, 0.05) is 39.2 Å². The quantitative estimate of drug-likeness (QED) is 0.126. The summed E-state index contributed by atoms with van der Waals surface area (Å²) >= 11 is 0. The molecule has 0 spiro atoms. The molecule has 270 valence electrons. The fourth-order valence-corrected chi connectivity index (χ4v) is 8.34. The molecule has 0 unspecified atom stereocenters. The highest BCUT2D eigenvalue weighted by Crippen LogP contribution is 2.44. The van der Waals surface area contributed by atoms with Crippen molar-refractivity contribution in [1.29, 1.82) is 0 Å². The third-order valence-corrected chi connectivity index (χ3v) is 11.1. The molecule has 11 rings (SSSR count). The molecule has 0 aliphatic rings. The van der Waals surface area contributed by atoms with Gasteiger partial charge in [0.05, 0.1) is 28.1 Å². The first-order valence-corrected chi connectivity index (χ1v) is 19.5. The number of hydrogen-bond acceptors (Lipinski definition) is 4. The Morgan fingerprint density at radius 3 is 1.43 bits per heavy atom. The molecule has 11 aromatic rings. The van der Waals surface area contributed by atoms with E-state index >= 15 is 0 Å². The van der Waals surface area contributed by atoms with Crippen LogP contribution in [0.3, 0.4) is 0 Å². The molecule has 8 aromatic carbocycles. The van der Waals surface area contributed by atoms with E-state index in [1.54, 1.807) is 0 Å². The number of fused-ring (bicyclic) bond motifs is 5. The van der Waals surface area contributed by atoms with Crippen LogP contribution in [0.5, 0.6) is 0 Å². The van der Waals surface area contributed by atoms with Gasteiger partial charge in [0.15, 0.2) is 5.82 Å². The summed E-state index contributed by atoms with van der Waals surface area (Å²) in [5.74, 6) is 0.708. The minimum atomic E-state index is 0.708. The topological polar surface area (TPSA) is 51.6 Å².